The molecule has 0 aliphatic heterocycles. The highest BCUT2D eigenvalue weighted by molar-refractivity contribution is 9.10. The Morgan fingerprint density at radius 1 is 1.08 bits per heavy atom. The maximum Gasteiger partial charge on any atom is 0.280 e. The summed E-state index contributed by atoms with van der Waals surface area (Å²) in [5, 5.41) is 7.38. The summed E-state index contributed by atoms with van der Waals surface area (Å²) in [5.41, 5.74) is 9.24. The highest BCUT2D eigenvalue weighted by atomic mass is 79.9. The zero-order chi connectivity index (χ0) is 18.8. The molecule has 0 spiro atoms. The molecule has 0 atom stereocenters. The Labute approximate surface area is 160 Å². The third-order valence-corrected chi connectivity index (χ3v) is 4.77. The molecule has 0 radical (unpaired) electrons. The lowest BCUT2D eigenvalue weighted by atomic mass is 10.1. The summed E-state index contributed by atoms with van der Waals surface area (Å²) in [7, 11) is 0. The predicted octanol–water partition coefficient (Wildman–Crippen LogP) is 4.61. The molecule has 6 heteroatoms. The number of nitrogens with zero attached hydrogens (tertiary/aromatic N) is 2. The molecule has 3 rings (SSSR count). The Bertz CT molecular complexity index is 1050. The third kappa shape index (κ3) is 3.65. The number of aryl methyl sites for hydroxylation is 4. The monoisotopic (exact) mass is 412 g/mol. The maximum absolute atomic E-state index is 12.8. The van der Waals surface area contributed by atoms with Crippen molar-refractivity contribution in [3.05, 3.63) is 79.2 Å². The molecule has 3 aromatic rings. The molecule has 1 aromatic heterocycles. The van der Waals surface area contributed by atoms with Crippen LogP contribution in [0.5, 0.6) is 0 Å². The summed E-state index contributed by atoms with van der Waals surface area (Å²) in [6.07, 6.45) is 1.57. The van der Waals surface area contributed by atoms with E-state index in [4.69, 9.17) is 0 Å². The van der Waals surface area contributed by atoms with Crippen LogP contribution in [0.2, 0.25) is 0 Å². The van der Waals surface area contributed by atoms with E-state index in [1.165, 1.54) is 5.56 Å². The van der Waals surface area contributed by atoms with Gasteiger partial charge in [0.2, 0.25) is 0 Å². The van der Waals surface area contributed by atoms with Gasteiger partial charge in [-0.05, 0) is 63.1 Å². The van der Waals surface area contributed by atoms with Gasteiger partial charge in [-0.1, -0.05) is 33.6 Å². The molecular formula is C20H21BrN4O. The average molecular weight is 413 g/mol. The molecular weight excluding hydrogens is 392 g/mol. The van der Waals surface area contributed by atoms with Crippen molar-refractivity contribution in [1.29, 1.82) is 0 Å². The van der Waals surface area contributed by atoms with Gasteiger partial charge >= 0.3 is 0 Å². The van der Waals surface area contributed by atoms with Crippen LogP contribution in [0.4, 0.5) is 5.69 Å². The predicted molar refractivity (Wildman–Crippen MR) is 111 cm³/mol. The number of rotatable bonds is 4. The SMILES string of the molecule is Cc1ccc(NN=Cc2c(C)[nH]n(-c3ccc(Br)cc3C)c2=O)c(C)c1. The molecule has 5 nitrogen and oxygen atoms in total. The van der Waals surface area contributed by atoms with Gasteiger partial charge in [-0.15, -0.1) is 0 Å². The molecule has 0 aliphatic rings. The first-order valence-electron chi connectivity index (χ1n) is 8.31. The van der Waals surface area contributed by atoms with Crippen LogP contribution in [0.25, 0.3) is 5.69 Å². The van der Waals surface area contributed by atoms with Gasteiger partial charge in [0.05, 0.1) is 23.2 Å². The number of hydrazone groups is 1. The first-order chi connectivity index (χ1) is 12.4. The van der Waals surface area contributed by atoms with Crippen molar-refractivity contribution in [1.82, 2.24) is 9.78 Å². The third-order valence-electron chi connectivity index (χ3n) is 4.28. The van der Waals surface area contributed by atoms with E-state index in [9.17, 15) is 4.79 Å². The second-order valence-corrected chi connectivity index (χ2v) is 7.33. The van der Waals surface area contributed by atoms with Gasteiger partial charge in [0.25, 0.3) is 5.56 Å². The first kappa shape index (κ1) is 18.2. The molecule has 2 N–H and O–H groups in total. The Morgan fingerprint density at radius 3 is 2.54 bits per heavy atom. The summed E-state index contributed by atoms with van der Waals surface area (Å²) in [6, 6.07) is 11.9. The van der Waals surface area contributed by atoms with Gasteiger partial charge < -0.3 is 0 Å². The van der Waals surface area contributed by atoms with Gasteiger partial charge in [-0.25, -0.2) is 4.68 Å². The number of anilines is 1. The van der Waals surface area contributed by atoms with E-state index in [1.54, 1.807) is 10.9 Å². The topological polar surface area (TPSA) is 62.2 Å². The number of benzene rings is 2. The van der Waals surface area contributed by atoms with Crippen LogP contribution in [0.15, 0.2) is 50.8 Å². The quantitative estimate of drug-likeness (QED) is 0.485. The summed E-state index contributed by atoms with van der Waals surface area (Å²) >= 11 is 3.45. The lowest BCUT2D eigenvalue weighted by Crippen LogP contribution is -2.18. The van der Waals surface area contributed by atoms with E-state index in [0.29, 0.717) is 5.56 Å². The number of hydrogen-bond acceptors (Lipinski definition) is 3. The molecule has 0 saturated carbocycles. The molecule has 0 bridgehead atoms. The Balaban J connectivity index is 1.89. The highest BCUT2D eigenvalue weighted by Crippen LogP contribution is 2.18. The minimum atomic E-state index is -0.126. The lowest BCUT2D eigenvalue weighted by molar-refractivity contribution is 0.828. The summed E-state index contributed by atoms with van der Waals surface area (Å²) in [5.74, 6) is 0. The van der Waals surface area contributed by atoms with Crippen molar-refractivity contribution in [2.75, 3.05) is 5.43 Å². The number of aromatic nitrogens is 2. The summed E-state index contributed by atoms with van der Waals surface area (Å²) in [6.45, 7) is 7.91. The van der Waals surface area contributed by atoms with E-state index in [1.807, 2.05) is 51.1 Å². The average Bonchev–Trinajstić information content (AvgIpc) is 2.84. The van der Waals surface area contributed by atoms with Crippen molar-refractivity contribution >= 4 is 27.8 Å². The molecule has 1 heterocycles. The molecule has 134 valence electrons. The Kier molecular flexibility index (Phi) is 5.13. The second-order valence-electron chi connectivity index (χ2n) is 6.41. The fourth-order valence-electron chi connectivity index (χ4n) is 2.86. The van der Waals surface area contributed by atoms with Crippen molar-refractivity contribution in [2.45, 2.75) is 27.7 Å². The first-order valence-corrected chi connectivity index (χ1v) is 9.10. The number of aromatic amines is 1. The van der Waals surface area contributed by atoms with Crippen molar-refractivity contribution in [3.8, 4) is 5.69 Å². The Hall–Kier alpha value is -2.60. The molecule has 2 aromatic carbocycles. The van der Waals surface area contributed by atoms with Crippen LogP contribution in [0, 0.1) is 27.7 Å². The highest BCUT2D eigenvalue weighted by Gasteiger charge is 2.12. The zero-order valence-electron chi connectivity index (χ0n) is 15.2. The number of nitrogens with one attached hydrogen (secondary N) is 2. The van der Waals surface area contributed by atoms with E-state index in [0.717, 1.165) is 32.7 Å². The molecule has 0 fully saturated rings. The van der Waals surface area contributed by atoms with Gasteiger partial charge in [0.15, 0.2) is 0 Å². The van der Waals surface area contributed by atoms with Crippen LogP contribution in [0.1, 0.15) is 27.9 Å². The van der Waals surface area contributed by atoms with Crippen LogP contribution < -0.4 is 11.0 Å². The number of H-pyrrole nitrogens is 1. The van der Waals surface area contributed by atoms with Crippen molar-refractivity contribution < 1.29 is 0 Å². The van der Waals surface area contributed by atoms with E-state index in [2.05, 4.69) is 44.5 Å². The zero-order valence-corrected chi connectivity index (χ0v) is 16.8. The summed E-state index contributed by atoms with van der Waals surface area (Å²) in [4.78, 5) is 12.8. The molecule has 0 amide bonds. The van der Waals surface area contributed by atoms with Crippen LogP contribution in [0.3, 0.4) is 0 Å². The van der Waals surface area contributed by atoms with Crippen molar-refractivity contribution in [2.24, 2.45) is 5.10 Å². The normalized spacial score (nSPS) is 11.3. The standard InChI is InChI=1S/C20H21BrN4O/c1-12-5-7-18(13(2)9-12)23-22-11-17-15(4)24-25(20(17)26)19-8-6-16(21)10-14(19)3/h5-11,23-24H,1-4H3. The fourth-order valence-corrected chi connectivity index (χ4v) is 3.33. The van der Waals surface area contributed by atoms with Gasteiger partial charge in [0, 0.05) is 10.2 Å². The molecule has 0 unspecified atom stereocenters. The smallest absolute Gasteiger partial charge is 0.280 e. The molecule has 0 saturated heterocycles. The van der Waals surface area contributed by atoms with E-state index in [-0.39, 0.29) is 5.56 Å². The van der Waals surface area contributed by atoms with Crippen LogP contribution in [-0.4, -0.2) is 16.0 Å². The fraction of sp³-hybridized carbons (Fsp3) is 0.200. The number of hydrogen-bond donors (Lipinski definition) is 2. The summed E-state index contributed by atoms with van der Waals surface area (Å²) < 4.78 is 2.53. The molecule has 0 aliphatic carbocycles. The second kappa shape index (κ2) is 7.33. The van der Waals surface area contributed by atoms with Crippen LogP contribution in [-0.2, 0) is 0 Å². The lowest BCUT2D eigenvalue weighted by Gasteiger charge is -2.06. The maximum atomic E-state index is 12.8. The van der Waals surface area contributed by atoms with Crippen molar-refractivity contribution in [3.63, 3.8) is 0 Å². The van der Waals surface area contributed by atoms with Gasteiger partial charge in [0.1, 0.15) is 0 Å². The van der Waals surface area contributed by atoms with E-state index >= 15 is 0 Å². The molecule has 26 heavy (non-hydrogen) atoms. The Morgan fingerprint density at radius 2 is 1.85 bits per heavy atom. The largest absolute Gasteiger partial charge is 0.295 e. The minimum absolute atomic E-state index is 0.126. The van der Waals surface area contributed by atoms with E-state index < -0.39 is 0 Å². The van der Waals surface area contributed by atoms with Gasteiger partial charge in [-0.2, -0.15) is 5.10 Å². The number of halogens is 1. The van der Waals surface area contributed by atoms with Crippen LogP contribution >= 0.6 is 15.9 Å². The van der Waals surface area contributed by atoms with Gasteiger partial charge in [-0.3, -0.25) is 15.3 Å². The minimum Gasteiger partial charge on any atom is -0.295 e.